The molecule has 1 amide bonds. The van der Waals surface area contributed by atoms with Gasteiger partial charge in [0.2, 0.25) is 0 Å². The number of aromatic amines is 1. The molecule has 0 aliphatic heterocycles. The van der Waals surface area contributed by atoms with Gasteiger partial charge in [0, 0.05) is 31.3 Å². The van der Waals surface area contributed by atoms with E-state index < -0.39 is 11.7 Å². The SMILES string of the molecule is CN=CC(=NN)c1cc(F)cc(CNC(=O)c2ncnc3nc(C4CCCC4)[nH]c23)c1. The molecule has 4 N–H and O–H groups in total. The highest BCUT2D eigenvalue weighted by Crippen LogP contribution is 2.33. The second-order valence-corrected chi connectivity index (χ2v) is 7.46. The van der Waals surface area contributed by atoms with Crippen LogP contribution >= 0.6 is 0 Å². The third-order valence-electron chi connectivity index (χ3n) is 5.36. The molecule has 0 radical (unpaired) electrons. The van der Waals surface area contributed by atoms with Crippen molar-refractivity contribution in [1.82, 2.24) is 25.3 Å². The van der Waals surface area contributed by atoms with E-state index in [0.29, 0.717) is 33.9 Å². The predicted molar refractivity (Wildman–Crippen MR) is 116 cm³/mol. The molecule has 9 nitrogen and oxygen atoms in total. The van der Waals surface area contributed by atoms with Gasteiger partial charge in [-0.3, -0.25) is 9.79 Å². The fourth-order valence-electron chi connectivity index (χ4n) is 3.88. The first-order valence-electron chi connectivity index (χ1n) is 10.1. The number of aliphatic imine (C=N–C) groups is 1. The van der Waals surface area contributed by atoms with Crippen molar-refractivity contribution >= 4 is 29.0 Å². The molecule has 1 aliphatic carbocycles. The molecule has 0 saturated heterocycles. The minimum Gasteiger partial charge on any atom is -0.347 e. The molecule has 2 heterocycles. The maximum Gasteiger partial charge on any atom is 0.272 e. The lowest BCUT2D eigenvalue weighted by molar-refractivity contribution is 0.0947. The van der Waals surface area contributed by atoms with E-state index in [9.17, 15) is 9.18 Å². The Hall–Kier alpha value is -3.69. The molecule has 160 valence electrons. The third-order valence-corrected chi connectivity index (χ3v) is 5.36. The maximum atomic E-state index is 14.1. The highest BCUT2D eigenvalue weighted by molar-refractivity contribution is 6.38. The second kappa shape index (κ2) is 8.99. The normalized spacial score (nSPS) is 15.2. The zero-order valence-electron chi connectivity index (χ0n) is 17.1. The van der Waals surface area contributed by atoms with E-state index in [1.54, 1.807) is 13.1 Å². The number of carbonyl (C=O) groups is 1. The van der Waals surface area contributed by atoms with Crippen molar-refractivity contribution in [3.05, 3.63) is 53.0 Å². The first-order chi connectivity index (χ1) is 15.1. The monoisotopic (exact) mass is 422 g/mol. The summed E-state index contributed by atoms with van der Waals surface area (Å²) in [4.78, 5) is 32.8. The van der Waals surface area contributed by atoms with Crippen molar-refractivity contribution in [3.63, 3.8) is 0 Å². The van der Waals surface area contributed by atoms with Crippen molar-refractivity contribution < 1.29 is 9.18 Å². The van der Waals surface area contributed by atoms with Crippen LogP contribution in [0, 0.1) is 5.82 Å². The van der Waals surface area contributed by atoms with Crippen molar-refractivity contribution in [3.8, 4) is 0 Å². The van der Waals surface area contributed by atoms with E-state index in [1.165, 1.54) is 37.5 Å². The van der Waals surface area contributed by atoms with Crippen LogP contribution < -0.4 is 11.2 Å². The molecule has 31 heavy (non-hydrogen) atoms. The summed E-state index contributed by atoms with van der Waals surface area (Å²) in [5, 5.41) is 6.41. The molecule has 1 aliphatic rings. The highest BCUT2D eigenvalue weighted by Gasteiger charge is 2.23. The smallest absolute Gasteiger partial charge is 0.272 e. The van der Waals surface area contributed by atoms with Crippen LogP contribution in [0.2, 0.25) is 0 Å². The number of halogens is 1. The lowest BCUT2D eigenvalue weighted by atomic mass is 10.1. The summed E-state index contributed by atoms with van der Waals surface area (Å²) in [6.07, 6.45) is 7.27. The van der Waals surface area contributed by atoms with E-state index in [1.807, 2.05) is 0 Å². The molecule has 4 rings (SSSR count). The summed E-state index contributed by atoms with van der Waals surface area (Å²) in [7, 11) is 1.57. The van der Waals surface area contributed by atoms with Gasteiger partial charge in [-0.05, 0) is 36.6 Å². The number of benzene rings is 1. The third kappa shape index (κ3) is 4.42. The van der Waals surface area contributed by atoms with E-state index in [-0.39, 0.29) is 12.2 Å². The number of hydrogen-bond acceptors (Lipinski definition) is 7. The minimum absolute atomic E-state index is 0.0971. The van der Waals surface area contributed by atoms with E-state index >= 15 is 0 Å². The molecule has 0 atom stereocenters. The Morgan fingerprint density at radius 3 is 2.87 bits per heavy atom. The van der Waals surface area contributed by atoms with Gasteiger partial charge in [-0.2, -0.15) is 5.10 Å². The molecule has 0 spiro atoms. The van der Waals surface area contributed by atoms with Gasteiger partial charge in [0.05, 0.1) is 0 Å². The number of nitrogens with two attached hydrogens (primary N) is 1. The van der Waals surface area contributed by atoms with Crippen LogP contribution in [-0.4, -0.2) is 44.8 Å². The van der Waals surface area contributed by atoms with Gasteiger partial charge in [-0.1, -0.05) is 12.8 Å². The van der Waals surface area contributed by atoms with Gasteiger partial charge in [-0.15, -0.1) is 0 Å². The van der Waals surface area contributed by atoms with Crippen LogP contribution in [-0.2, 0) is 6.54 Å². The average molecular weight is 422 g/mol. The number of H-pyrrole nitrogens is 1. The minimum atomic E-state index is -0.466. The number of amides is 1. The topological polar surface area (TPSA) is 134 Å². The van der Waals surface area contributed by atoms with Crippen molar-refractivity contribution in [2.24, 2.45) is 15.9 Å². The summed E-state index contributed by atoms with van der Waals surface area (Å²) < 4.78 is 14.1. The maximum absolute atomic E-state index is 14.1. The van der Waals surface area contributed by atoms with Crippen LogP contribution in [0.15, 0.2) is 34.6 Å². The van der Waals surface area contributed by atoms with Crippen LogP contribution in [0.25, 0.3) is 11.2 Å². The van der Waals surface area contributed by atoms with E-state index in [4.69, 9.17) is 5.84 Å². The van der Waals surface area contributed by atoms with Crippen LogP contribution in [0.3, 0.4) is 0 Å². The molecule has 1 saturated carbocycles. The molecular weight excluding hydrogens is 399 g/mol. The first-order valence-corrected chi connectivity index (χ1v) is 10.1. The van der Waals surface area contributed by atoms with Gasteiger partial charge in [0.25, 0.3) is 5.91 Å². The summed E-state index contributed by atoms with van der Waals surface area (Å²) in [5.41, 5.74) is 2.55. The van der Waals surface area contributed by atoms with Gasteiger partial charge in [-0.25, -0.2) is 19.3 Å². The first kappa shape index (κ1) is 20.6. The molecule has 0 unspecified atom stereocenters. The Labute approximate surface area is 178 Å². The fraction of sp³-hybridized carbons (Fsp3) is 0.333. The number of aromatic nitrogens is 4. The number of hydrogen-bond donors (Lipinski definition) is 3. The predicted octanol–water partition coefficient (Wildman–Crippen LogP) is 2.44. The van der Waals surface area contributed by atoms with Crippen molar-refractivity contribution in [1.29, 1.82) is 0 Å². The molecule has 10 heteroatoms. The standard InChI is InChI=1S/C21H23FN8O/c1-24-10-16(30-23)14-6-12(7-15(22)8-14)9-25-21(31)18-17-20(27-11-26-18)29-19(28-17)13-4-2-3-5-13/h6-8,10-11,13H,2-5,9,23H2,1H3,(H,25,31)(H,26,27,28,29). The number of nitrogens with one attached hydrogen (secondary N) is 2. The second-order valence-electron chi connectivity index (χ2n) is 7.46. The van der Waals surface area contributed by atoms with Crippen LogP contribution in [0.4, 0.5) is 4.39 Å². The van der Waals surface area contributed by atoms with Crippen molar-refractivity contribution in [2.75, 3.05) is 7.05 Å². The zero-order chi connectivity index (χ0) is 21.8. The van der Waals surface area contributed by atoms with Crippen molar-refractivity contribution in [2.45, 2.75) is 38.1 Å². The van der Waals surface area contributed by atoms with Crippen LogP contribution in [0.1, 0.15) is 59.0 Å². The van der Waals surface area contributed by atoms with Gasteiger partial charge >= 0.3 is 0 Å². The summed E-state index contributed by atoms with van der Waals surface area (Å²) in [5.74, 6) is 5.72. The molecule has 1 fully saturated rings. The van der Waals surface area contributed by atoms with E-state index in [0.717, 1.165) is 18.7 Å². The van der Waals surface area contributed by atoms with Crippen LogP contribution in [0.5, 0.6) is 0 Å². The molecule has 0 bridgehead atoms. The number of imidazole rings is 1. The van der Waals surface area contributed by atoms with E-state index in [2.05, 4.69) is 35.3 Å². The number of rotatable bonds is 6. The fourth-order valence-corrected chi connectivity index (χ4v) is 3.88. The number of hydrazone groups is 1. The lowest BCUT2D eigenvalue weighted by Crippen LogP contribution is -2.24. The van der Waals surface area contributed by atoms with Gasteiger partial charge in [0.15, 0.2) is 11.3 Å². The molecule has 1 aromatic carbocycles. The average Bonchev–Trinajstić information content (AvgIpc) is 3.44. The lowest BCUT2D eigenvalue weighted by Gasteiger charge is -2.08. The Morgan fingerprint density at radius 1 is 1.32 bits per heavy atom. The zero-order valence-corrected chi connectivity index (χ0v) is 17.1. The van der Waals surface area contributed by atoms with Gasteiger partial charge in [0.1, 0.15) is 29.2 Å². The molecule has 3 aromatic rings. The number of fused-ring (bicyclic) bond motifs is 1. The summed E-state index contributed by atoms with van der Waals surface area (Å²) in [6.45, 7) is 0.0971. The largest absolute Gasteiger partial charge is 0.347 e. The summed E-state index contributed by atoms with van der Waals surface area (Å²) in [6, 6.07) is 4.34. The Bertz CT molecular complexity index is 1160. The molecular formula is C21H23FN8O. The quantitative estimate of drug-likeness (QED) is 0.319. The highest BCUT2D eigenvalue weighted by atomic mass is 19.1. The van der Waals surface area contributed by atoms with Gasteiger partial charge < -0.3 is 16.1 Å². The number of carbonyl (C=O) groups excluding carboxylic acids is 1. The Morgan fingerprint density at radius 2 is 2.13 bits per heavy atom. The summed E-state index contributed by atoms with van der Waals surface area (Å²) >= 11 is 0. The Balaban J connectivity index is 1.54. The number of nitrogens with zero attached hydrogens (tertiary/aromatic N) is 5. The molecule has 2 aromatic heterocycles. The Kier molecular flexibility index (Phi) is 5.96.